The minimum Gasteiger partial charge on any atom is -0.166 e. The first kappa shape index (κ1) is 13.4. The molecular formula is C11H10F3N5. The number of benzene rings is 1. The number of halogens is 3. The third-order valence-corrected chi connectivity index (χ3v) is 2.88. The van der Waals surface area contributed by atoms with Gasteiger partial charge >= 0.3 is 11.8 Å². The lowest BCUT2D eigenvalue weighted by Gasteiger charge is -2.16. The van der Waals surface area contributed by atoms with Crippen LogP contribution in [0.1, 0.15) is 23.6 Å². The minimum absolute atomic E-state index is 0.00524. The van der Waals surface area contributed by atoms with Gasteiger partial charge in [-0.2, -0.15) is 13.2 Å². The summed E-state index contributed by atoms with van der Waals surface area (Å²) < 4.78 is 38.8. The van der Waals surface area contributed by atoms with Crippen LogP contribution in [-0.2, 0) is 18.6 Å². The van der Waals surface area contributed by atoms with Crippen molar-refractivity contribution in [1.29, 1.82) is 0 Å². The van der Waals surface area contributed by atoms with Crippen LogP contribution in [0.2, 0.25) is 0 Å². The first-order chi connectivity index (χ1) is 8.93. The van der Waals surface area contributed by atoms with Crippen LogP contribution in [0.15, 0.2) is 33.5 Å². The van der Waals surface area contributed by atoms with E-state index in [2.05, 4.69) is 20.3 Å². The standard InChI is InChI=1S/C11H10F3N5/c1-2-7-3-8(6-16-19-15)5-9(4-7)10(17-18-10)11(12,13)14/h3-5H,2,6H2,1H3. The SMILES string of the molecule is CCc1cc(CN=[N+]=[N-])cc(C2(C(F)(F)F)N=N2)c1. The molecule has 0 saturated carbocycles. The third-order valence-electron chi connectivity index (χ3n) is 2.88. The van der Waals surface area contributed by atoms with E-state index in [0.29, 0.717) is 12.0 Å². The zero-order valence-corrected chi connectivity index (χ0v) is 10.0. The topological polar surface area (TPSA) is 73.5 Å². The van der Waals surface area contributed by atoms with Gasteiger partial charge < -0.3 is 0 Å². The van der Waals surface area contributed by atoms with Gasteiger partial charge in [-0.25, -0.2) is 0 Å². The predicted octanol–water partition coefficient (Wildman–Crippen LogP) is 4.24. The molecule has 0 aromatic heterocycles. The van der Waals surface area contributed by atoms with Crippen LogP contribution < -0.4 is 0 Å². The van der Waals surface area contributed by atoms with Gasteiger partial charge in [-0.3, -0.25) is 0 Å². The van der Waals surface area contributed by atoms with Gasteiger partial charge in [-0.15, -0.1) is 10.2 Å². The number of rotatable bonds is 4. The Morgan fingerprint density at radius 2 is 1.89 bits per heavy atom. The third kappa shape index (κ3) is 2.39. The molecule has 0 N–H and O–H groups in total. The minimum atomic E-state index is -4.55. The second-order valence-electron chi connectivity index (χ2n) is 4.15. The molecule has 0 spiro atoms. The number of hydrogen-bond donors (Lipinski definition) is 0. The van der Waals surface area contributed by atoms with Crippen molar-refractivity contribution in [1.82, 2.24) is 0 Å². The van der Waals surface area contributed by atoms with Gasteiger partial charge in [0.15, 0.2) is 0 Å². The Morgan fingerprint density at radius 3 is 2.37 bits per heavy atom. The monoisotopic (exact) mass is 269 g/mol. The molecule has 0 fully saturated rings. The zero-order chi connectivity index (χ0) is 14.1. The molecule has 0 aliphatic carbocycles. The van der Waals surface area contributed by atoms with Crippen molar-refractivity contribution in [2.75, 3.05) is 0 Å². The highest BCUT2D eigenvalue weighted by molar-refractivity contribution is 5.37. The van der Waals surface area contributed by atoms with E-state index in [4.69, 9.17) is 5.53 Å². The lowest BCUT2D eigenvalue weighted by molar-refractivity contribution is -0.166. The van der Waals surface area contributed by atoms with Crippen molar-refractivity contribution in [3.8, 4) is 0 Å². The summed E-state index contributed by atoms with van der Waals surface area (Å²) in [6, 6.07) is 4.49. The van der Waals surface area contributed by atoms with Crippen LogP contribution in [0.4, 0.5) is 13.2 Å². The Labute approximate surface area is 106 Å². The fraction of sp³-hybridized carbons (Fsp3) is 0.455. The second kappa shape index (κ2) is 4.55. The van der Waals surface area contributed by atoms with E-state index in [1.165, 1.54) is 12.1 Å². The summed E-state index contributed by atoms with van der Waals surface area (Å²) in [6.07, 6.45) is -3.97. The van der Waals surface area contributed by atoms with Crippen LogP contribution in [0.5, 0.6) is 0 Å². The predicted molar refractivity (Wildman–Crippen MR) is 61.3 cm³/mol. The molecule has 0 bridgehead atoms. The first-order valence-corrected chi connectivity index (χ1v) is 5.58. The summed E-state index contributed by atoms with van der Waals surface area (Å²) in [5, 5.41) is 9.70. The Morgan fingerprint density at radius 1 is 1.26 bits per heavy atom. The smallest absolute Gasteiger partial charge is 0.166 e. The van der Waals surface area contributed by atoms with Crippen LogP contribution >= 0.6 is 0 Å². The van der Waals surface area contributed by atoms with Crippen LogP contribution in [-0.4, -0.2) is 6.18 Å². The zero-order valence-electron chi connectivity index (χ0n) is 10.0. The maximum absolute atomic E-state index is 12.9. The summed E-state index contributed by atoms with van der Waals surface area (Å²) in [4.78, 5) is 2.60. The lowest BCUT2D eigenvalue weighted by atomic mass is 9.96. The van der Waals surface area contributed by atoms with Crippen LogP contribution in [0.25, 0.3) is 10.4 Å². The van der Waals surface area contributed by atoms with Crippen LogP contribution in [0, 0.1) is 0 Å². The average molecular weight is 269 g/mol. The highest BCUT2D eigenvalue weighted by Gasteiger charge is 2.65. The van der Waals surface area contributed by atoms with Gasteiger partial charge in [-0.05, 0) is 23.1 Å². The fourth-order valence-corrected chi connectivity index (χ4v) is 1.82. The molecular weight excluding hydrogens is 259 g/mol. The molecule has 0 atom stereocenters. The number of aryl methyl sites for hydroxylation is 1. The van der Waals surface area contributed by atoms with E-state index in [-0.39, 0.29) is 12.1 Å². The molecule has 1 aromatic carbocycles. The van der Waals surface area contributed by atoms with Crippen molar-refractivity contribution < 1.29 is 13.2 Å². The number of nitrogens with zero attached hydrogens (tertiary/aromatic N) is 5. The molecule has 2 rings (SSSR count). The molecule has 1 aliphatic heterocycles. The molecule has 8 heteroatoms. The summed E-state index contributed by atoms with van der Waals surface area (Å²) in [5.74, 6) is 0. The van der Waals surface area contributed by atoms with Crippen molar-refractivity contribution in [2.45, 2.75) is 31.7 Å². The number of hydrogen-bond acceptors (Lipinski definition) is 3. The maximum Gasteiger partial charge on any atom is 0.442 e. The molecule has 19 heavy (non-hydrogen) atoms. The summed E-state index contributed by atoms with van der Waals surface area (Å²) >= 11 is 0. The van der Waals surface area contributed by atoms with E-state index in [9.17, 15) is 13.2 Å². The molecule has 0 saturated heterocycles. The van der Waals surface area contributed by atoms with Gasteiger partial charge in [0.1, 0.15) is 0 Å². The first-order valence-electron chi connectivity index (χ1n) is 5.58. The van der Waals surface area contributed by atoms with Crippen molar-refractivity contribution >= 4 is 0 Å². The Hall–Kier alpha value is -2.08. The van der Waals surface area contributed by atoms with Gasteiger partial charge in [0, 0.05) is 10.5 Å². The van der Waals surface area contributed by atoms with Gasteiger partial charge in [0.05, 0.1) is 6.54 Å². The largest absolute Gasteiger partial charge is 0.442 e. The fourth-order valence-electron chi connectivity index (χ4n) is 1.82. The number of azide groups is 1. The molecule has 1 heterocycles. The molecule has 1 aromatic rings. The molecule has 1 aliphatic rings. The second-order valence-corrected chi connectivity index (χ2v) is 4.15. The van der Waals surface area contributed by atoms with E-state index in [1.807, 2.05) is 6.92 Å². The molecule has 5 nitrogen and oxygen atoms in total. The Balaban J connectivity index is 2.43. The summed E-state index contributed by atoms with van der Waals surface area (Å²) in [5.41, 5.74) is 7.06. The van der Waals surface area contributed by atoms with E-state index in [0.717, 1.165) is 5.56 Å². The van der Waals surface area contributed by atoms with E-state index in [1.54, 1.807) is 6.07 Å². The lowest BCUT2D eigenvalue weighted by Crippen LogP contribution is -2.30. The molecule has 0 unspecified atom stereocenters. The van der Waals surface area contributed by atoms with Gasteiger partial charge in [0.25, 0.3) is 0 Å². The number of alkyl halides is 3. The van der Waals surface area contributed by atoms with Gasteiger partial charge in [0.2, 0.25) is 0 Å². The van der Waals surface area contributed by atoms with Crippen molar-refractivity contribution in [3.05, 3.63) is 45.3 Å². The Bertz CT molecular complexity index is 566. The molecule has 0 amide bonds. The van der Waals surface area contributed by atoms with E-state index >= 15 is 0 Å². The Kier molecular flexibility index (Phi) is 3.20. The quantitative estimate of drug-likeness (QED) is 0.445. The normalized spacial score (nSPS) is 16.0. The highest BCUT2D eigenvalue weighted by atomic mass is 19.4. The van der Waals surface area contributed by atoms with Crippen LogP contribution in [0.3, 0.4) is 0 Å². The molecule has 0 radical (unpaired) electrons. The van der Waals surface area contributed by atoms with Crippen molar-refractivity contribution in [2.24, 2.45) is 15.3 Å². The molecule has 100 valence electrons. The summed E-state index contributed by atoms with van der Waals surface area (Å²) in [7, 11) is 0. The summed E-state index contributed by atoms with van der Waals surface area (Å²) in [6.45, 7) is 1.84. The highest BCUT2D eigenvalue weighted by Crippen LogP contribution is 2.52. The van der Waals surface area contributed by atoms with Crippen molar-refractivity contribution in [3.63, 3.8) is 0 Å². The van der Waals surface area contributed by atoms with E-state index < -0.39 is 11.8 Å². The average Bonchev–Trinajstić information content (AvgIpc) is 3.16. The van der Waals surface area contributed by atoms with Gasteiger partial charge in [-0.1, -0.05) is 30.2 Å². The maximum atomic E-state index is 12.9.